The molecule has 396 valence electrons. The van der Waals surface area contributed by atoms with Crippen LogP contribution in [0, 0.1) is 5.41 Å². The van der Waals surface area contributed by atoms with Crippen LogP contribution in [0.3, 0.4) is 0 Å². The van der Waals surface area contributed by atoms with Crippen LogP contribution in [0.25, 0.3) is 0 Å². The molecule has 10 nitrogen and oxygen atoms in total. The van der Waals surface area contributed by atoms with Crippen molar-refractivity contribution >= 4 is 15.7 Å². The average molecular weight is 954 g/mol. The molecule has 3 unspecified atom stereocenters. The highest BCUT2D eigenvalue weighted by molar-refractivity contribution is 6.22. The fourth-order valence-corrected chi connectivity index (χ4v) is 7.29. The molecule has 0 aromatic carbocycles. The number of unbranched alkanes of at least 4 members (excludes halogenated alkanes) is 20. The van der Waals surface area contributed by atoms with Crippen LogP contribution < -0.4 is 0 Å². The molecule has 1 heterocycles. The van der Waals surface area contributed by atoms with Crippen LogP contribution in [0.2, 0.25) is 6.55 Å². The minimum Gasteiger partial charge on any atom is -0.463 e. The Morgan fingerprint density at radius 1 is 0.631 bits per heavy atom. The first-order valence-electron chi connectivity index (χ1n) is 24.8. The molecule has 0 spiro atoms. The van der Waals surface area contributed by atoms with Gasteiger partial charge in [0.25, 0.3) is 0 Å². The average Bonchev–Trinajstić information content (AvgIpc) is 3.61. The molecule has 0 amide bonds. The maximum absolute atomic E-state index is 12.5. The number of allylic oxidation sites excluding steroid dienone is 6. The molecule has 0 radical (unpaired) electrons. The summed E-state index contributed by atoms with van der Waals surface area (Å²) in [5.74, 6) is -0.341. The molecular formula is C54H116O10Si. The van der Waals surface area contributed by atoms with Gasteiger partial charge in [-0.2, -0.15) is 0 Å². The lowest BCUT2D eigenvalue weighted by atomic mass is 9.73. The molecular weight excluding hydrogens is 837 g/mol. The maximum atomic E-state index is 12.5. The number of aliphatic hydroxyl groups excluding tert-OH is 6. The second-order valence-electron chi connectivity index (χ2n) is 16.6. The number of carbonyl (C=O) groups is 1. The lowest BCUT2D eigenvalue weighted by Gasteiger charge is -2.31. The van der Waals surface area contributed by atoms with Gasteiger partial charge in [-0.1, -0.05) is 203 Å². The highest BCUT2D eigenvalue weighted by atomic mass is 28.2. The topological polar surface area (TPSA) is 177 Å². The fraction of sp³-hybridized carbons (Fsp3) is 0.870. The number of ether oxygens (including phenoxy) is 2. The minimum absolute atomic E-state index is 0. The van der Waals surface area contributed by atoms with Gasteiger partial charge >= 0.3 is 5.97 Å². The van der Waals surface area contributed by atoms with E-state index in [2.05, 4.69) is 57.2 Å². The smallest absolute Gasteiger partial charge is 0.305 e. The van der Waals surface area contributed by atoms with Crippen molar-refractivity contribution in [3.63, 3.8) is 0 Å². The molecule has 0 aliphatic carbocycles. The molecule has 4 atom stereocenters. The predicted octanol–water partition coefficient (Wildman–Crippen LogP) is 12.3. The fourth-order valence-electron chi connectivity index (χ4n) is 7.29. The van der Waals surface area contributed by atoms with Crippen LogP contribution in [0.15, 0.2) is 36.5 Å². The zero-order valence-electron chi connectivity index (χ0n) is 40.2. The van der Waals surface area contributed by atoms with Crippen molar-refractivity contribution in [2.75, 3.05) is 33.5 Å². The molecule has 1 aliphatic rings. The zero-order valence-corrected chi connectivity index (χ0v) is 41.6. The van der Waals surface area contributed by atoms with Crippen LogP contribution in [-0.2, 0) is 14.3 Å². The van der Waals surface area contributed by atoms with E-state index in [4.69, 9.17) is 29.6 Å². The number of rotatable bonds is 37. The quantitative estimate of drug-likeness (QED) is 0.0137. The van der Waals surface area contributed by atoms with Crippen LogP contribution >= 0.6 is 0 Å². The Hall–Kier alpha value is -1.41. The molecule has 1 aliphatic heterocycles. The van der Waals surface area contributed by atoms with Gasteiger partial charge in [-0.15, -0.1) is 0 Å². The molecule has 65 heavy (non-hydrogen) atoms. The summed E-state index contributed by atoms with van der Waals surface area (Å²) < 4.78 is 10.6. The van der Waals surface area contributed by atoms with E-state index in [0.717, 1.165) is 52.1 Å². The van der Waals surface area contributed by atoms with E-state index in [1.807, 2.05) is 6.55 Å². The normalized spacial score (nSPS) is 16.8. The van der Waals surface area contributed by atoms with Crippen molar-refractivity contribution in [1.82, 2.24) is 0 Å². The second-order valence-corrected chi connectivity index (χ2v) is 17.3. The first kappa shape index (κ1) is 77.8. The van der Waals surface area contributed by atoms with E-state index in [1.165, 1.54) is 135 Å². The molecule has 0 aromatic heterocycles. The molecule has 0 saturated carbocycles. The molecule has 1 fully saturated rings. The third kappa shape index (κ3) is 51.8. The highest BCUT2D eigenvalue weighted by Crippen LogP contribution is 2.39. The monoisotopic (exact) mass is 953 g/mol. The second kappa shape index (κ2) is 62.6. The summed E-state index contributed by atoms with van der Waals surface area (Å²) in [5.41, 5.74) is 0.185. The number of carbonyl (C=O) groups excluding carboxylic acids is 1. The van der Waals surface area contributed by atoms with Gasteiger partial charge in [0.1, 0.15) is 31.0 Å². The summed E-state index contributed by atoms with van der Waals surface area (Å²) in [6.07, 6.45) is 45.4. The highest BCUT2D eigenvalue weighted by Gasteiger charge is 2.39. The van der Waals surface area contributed by atoms with Gasteiger partial charge in [0.2, 0.25) is 0 Å². The summed E-state index contributed by atoms with van der Waals surface area (Å²) in [6.45, 7) is 8.13. The van der Waals surface area contributed by atoms with E-state index in [9.17, 15) is 20.1 Å². The summed E-state index contributed by atoms with van der Waals surface area (Å²) in [5, 5.41) is 52.1. The van der Waals surface area contributed by atoms with Gasteiger partial charge in [0, 0.05) is 13.5 Å². The lowest BCUT2D eigenvalue weighted by Crippen LogP contribution is -2.41. The summed E-state index contributed by atoms with van der Waals surface area (Å²) >= 11 is 0. The van der Waals surface area contributed by atoms with E-state index in [0.29, 0.717) is 6.42 Å². The number of hydrogen-bond acceptors (Lipinski definition) is 10. The minimum atomic E-state index is -1.17. The number of esters is 1. The first-order valence-corrected chi connectivity index (χ1v) is 26.8. The van der Waals surface area contributed by atoms with Gasteiger partial charge in [0.15, 0.2) is 9.76 Å². The van der Waals surface area contributed by atoms with Crippen LogP contribution in [-0.4, -0.2) is 109 Å². The van der Waals surface area contributed by atoms with Gasteiger partial charge in [-0.25, -0.2) is 0 Å². The molecule has 0 aromatic rings. The Labute approximate surface area is 407 Å². The maximum Gasteiger partial charge on any atom is 0.305 e. The molecule has 11 heteroatoms. The van der Waals surface area contributed by atoms with Crippen molar-refractivity contribution in [2.24, 2.45) is 5.41 Å². The molecule has 1 saturated heterocycles. The van der Waals surface area contributed by atoms with Crippen LogP contribution in [0.4, 0.5) is 0 Å². The third-order valence-electron chi connectivity index (χ3n) is 11.0. The Morgan fingerprint density at radius 3 is 1.32 bits per heavy atom. The third-order valence-corrected chi connectivity index (χ3v) is 11.0. The van der Waals surface area contributed by atoms with E-state index < -0.39 is 34.2 Å². The van der Waals surface area contributed by atoms with Gasteiger partial charge in [-0.05, 0) is 76.0 Å². The Morgan fingerprint density at radius 2 is 0.985 bits per heavy atom. The Bertz CT molecular complexity index is 892. The van der Waals surface area contributed by atoms with Crippen LogP contribution in [0.5, 0.6) is 0 Å². The van der Waals surface area contributed by atoms with E-state index >= 15 is 0 Å². The molecule has 1 rings (SSSR count). The molecule has 0 bridgehead atoms. The lowest BCUT2D eigenvalue weighted by molar-refractivity contribution is -0.151. The van der Waals surface area contributed by atoms with E-state index in [1.54, 1.807) is 0 Å². The van der Waals surface area contributed by atoms with Crippen molar-refractivity contribution in [3.8, 4) is 0 Å². The van der Waals surface area contributed by atoms with Crippen LogP contribution in [0.1, 0.15) is 237 Å². The zero-order chi connectivity index (χ0) is 46.1. The van der Waals surface area contributed by atoms with Crippen molar-refractivity contribution in [2.45, 2.75) is 268 Å². The molecule has 7 N–H and O–H groups in total. The largest absolute Gasteiger partial charge is 0.463 e. The van der Waals surface area contributed by atoms with Gasteiger partial charge < -0.3 is 44.9 Å². The number of hydrogen-bond donors (Lipinski definition) is 7. The van der Waals surface area contributed by atoms with Crippen molar-refractivity contribution in [3.05, 3.63) is 36.5 Å². The number of aliphatic hydroxyl groups is 6. The SMILES string of the molecule is C.C.C.C.CCCCCCCCC=CCC(CC=CCCCCCCCC)(C/C=C/CCCCCCCC)CCCCCC(=O)OC[C@@H](O)C1OCC(O)C1O.CO.C[SiH2]O.OCCO. The summed E-state index contributed by atoms with van der Waals surface area (Å²) in [7, 11) is 0.417. The standard InChI is InChI=1S/C46H84O6.C2H6O2.CH6OSi.CH4O.4CH4/c1-4-7-10-13-16-19-22-25-30-35-46(36-31-26-23-20-17-14-11-8-5-2,37-32-27-24-21-18-15-12-9-6-3)38-33-28-29-34-43(49)51-40-42(48)45-44(50)41(47)39-52-45;3-1-2-4;1-3-2;1-2;;;;/h25-27,30-32,41-42,44-45,47-48,50H,4-24,28-29,33-40H2,1-3H3;3-4H,1-2H2;2H,3H2,1H3;2H,1H3;4*1H4/b30-25+,31-26?,32-27?;;;;;;;/t41?,42-,44?,45?,46?;;;;;;;/m1......./s1. The summed E-state index contributed by atoms with van der Waals surface area (Å²) in [6, 6.07) is 0. The Balaban J connectivity index is -0.000000475. The summed E-state index contributed by atoms with van der Waals surface area (Å²) in [4.78, 5) is 20.2. The van der Waals surface area contributed by atoms with Gasteiger partial charge in [-0.3, -0.25) is 4.79 Å². The van der Waals surface area contributed by atoms with Crippen molar-refractivity contribution in [1.29, 1.82) is 0 Å². The first-order chi connectivity index (χ1) is 29.7. The van der Waals surface area contributed by atoms with Crippen molar-refractivity contribution < 1.29 is 49.7 Å². The predicted molar refractivity (Wildman–Crippen MR) is 285 cm³/mol. The van der Waals surface area contributed by atoms with E-state index in [-0.39, 0.29) is 67.5 Å². The Kier molecular flexibility index (Phi) is 74.9. The van der Waals surface area contributed by atoms with Gasteiger partial charge in [0.05, 0.1) is 19.8 Å².